The van der Waals surface area contributed by atoms with Gasteiger partial charge in [0.05, 0.1) is 18.5 Å². The molecule has 1 aromatic rings. The minimum atomic E-state index is -0.176. The number of halogens is 2. The van der Waals surface area contributed by atoms with Gasteiger partial charge < -0.3 is 4.90 Å². The van der Waals surface area contributed by atoms with Gasteiger partial charge >= 0.3 is 0 Å². The third-order valence-corrected chi connectivity index (χ3v) is 5.01. The first-order valence-corrected chi connectivity index (χ1v) is 8.33. The van der Waals surface area contributed by atoms with Crippen LogP contribution in [0.3, 0.4) is 0 Å². The van der Waals surface area contributed by atoms with Crippen LogP contribution in [0.1, 0.15) is 18.9 Å². The van der Waals surface area contributed by atoms with Crippen LogP contribution in [0.15, 0.2) is 54.2 Å². The minimum Gasteiger partial charge on any atom is -0.335 e. The third-order valence-electron chi connectivity index (χ3n) is 4.30. The molecule has 5 heteroatoms. The largest absolute Gasteiger partial charge is 0.335 e. The summed E-state index contributed by atoms with van der Waals surface area (Å²) >= 11 is 12.3. The maximum absolute atomic E-state index is 12.8. The summed E-state index contributed by atoms with van der Waals surface area (Å²) in [5.74, 6) is -0.0570. The average molecular weight is 361 g/mol. The molecule has 1 amide bonds. The second-order valence-corrected chi connectivity index (χ2v) is 6.43. The topological polar surface area (TPSA) is 44.1 Å². The van der Waals surface area contributed by atoms with E-state index >= 15 is 0 Å². The van der Waals surface area contributed by atoms with Crippen LogP contribution >= 0.6 is 23.2 Å². The summed E-state index contributed by atoms with van der Waals surface area (Å²) in [6, 6.07) is 7.10. The SMILES string of the molecule is C=CC1=C(C(=C)C#N)CCN(C(=O)Cc2c(Cl)cccc2Cl)C1C. The van der Waals surface area contributed by atoms with Crippen molar-refractivity contribution in [1.82, 2.24) is 4.90 Å². The van der Waals surface area contributed by atoms with Gasteiger partial charge in [-0.15, -0.1) is 0 Å². The van der Waals surface area contributed by atoms with Gasteiger partial charge in [-0.25, -0.2) is 0 Å². The molecular weight excluding hydrogens is 343 g/mol. The Labute approximate surface area is 152 Å². The minimum absolute atomic E-state index is 0.0570. The summed E-state index contributed by atoms with van der Waals surface area (Å²) in [7, 11) is 0. The molecule has 0 fully saturated rings. The smallest absolute Gasteiger partial charge is 0.227 e. The molecule has 3 nitrogen and oxygen atoms in total. The van der Waals surface area contributed by atoms with Crippen molar-refractivity contribution in [2.45, 2.75) is 25.8 Å². The molecule has 0 bridgehead atoms. The van der Waals surface area contributed by atoms with Gasteiger partial charge in [-0.1, -0.05) is 48.5 Å². The van der Waals surface area contributed by atoms with Crippen LogP contribution in [0.4, 0.5) is 0 Å². The highest BCUT2D eigenvalue weighted by Crippen LogP contribution is 2.31. The molecule has 1 aliphatic rings. The third kappa shape index (κ3) is 3.56. The Bertz CT molecular complexity index is 754. The van der Waals surface area contributed by atoms with E-state index in [1.54, 1.807) is 29.2 Å². The Morgan fingerprint density at radius 2 is 2.08 bits per heavy atom. The Morgan fingerprint density at radius 3 is 2.62 bits per heavy atom. The van der Waals surface area contributed by atoms with Crippen LogP contribution < -0.4 is 0 Å². The first kappa shape index (κ1) is 18.3. The van der Waals surface area contributed by atoms with Crippen LogP contribution in [-0.2, 0) is 11.2 Å². The van der Waals surface area contributed by atoms with E-state index in [9.17, 15) is 4.79 Å². The zero-order valence-electron chi connectivity index (χ0n) is 13.5. The first-order valence-electron chi connectivity index (χ1n) is 7.57. The Morgan fingerprint density at radius 1 is 1.46 bits per heavy atom. The van der Waals surface area contributed by atoms with Gasteiger partial charge in [-0.2, -0.15) is 5.26 Å². The second kappa shape index (κ2) is 7.70. The number of rotatable bonds is 4. The predicted octanol–water partition coefficient (Wildman–Crippen LogP) is 4.72. The summed E-state index contributed by atoms with van der Waals surface area (Å²) in [5, 5.41) is 10.1. The molecule has 0 spiro atoms. The van der Waals surface area contributed by atoms with E-state index in [0.717, 1.165) is 11.1 Å². The van der Waals surface area contributed by atoms with Gasteiger partial charge in [0.2, 0.25) is 5.91 Å². The molecule has 0 saturated carbocycles. The van der Waals surface area contributed by atoms with Crippen LogP contribution in [-0.4, -0.2) is 23.4 Å². The fourth-order valence-corrected chi connectivity index (χ4v) is 3.50. The standard InChI is InChI=1S/C19H18Cl2N2O/c1-4-14-13(3)23(9-8-15(14)12(2)11-22)19(24)10-16-17(20)6-5-7-18(16)21/h4-7,13H,1-2,8-10H2,3H3. The van der Waals surface area contributed by atoms with Crippen LogP contribution in [0.5, 0.6) is 0 Å². The van der Waals surface area contributed by atoms with Gasteiger partial charge in [0, 0.05) is 22.2 Å². The number of nitrogens with zero attached hydrogens (tertiary/aromatic N) is 2. The van der Waals surface area contributed by atoms with Crippen LogP contribution in [0, 0.1) is 11.3 Å². The van der Waals surface area contributed by atoms with Crippen molar-refractivity contribution >= 4 is 29.1 Å². The zero-order valence-corrected chi connectivity index (χ0v) is 15.0. The van der Waals surface area contributed by atoms with Crippen molar-refractivity contribution in [2.75, 3.05) is 6.54 Å². The zero-order chi connectivity index (χ0) is 17.9. The van der Waals surface area contributed by atoms with Gasteiger partial charge in [0.1, 0.15) is 0 Å². The summed E-state index contributed by atoms with van der Waals surface area (Å²) in [6.07, 6.45) is 2.42. The van der Waals surface area contributed by atoms with E-state index < -0.39 is 0 Å². The highest BCUT2D eigenvalue weighted by Gasteiger charge is 2.29. The number of hydrogen-bond donors (Lipinski definition) is 0. The van der Waals surface area contributed by atoms with Crippen molar-refractivity contribution in [3.05, 3.63) is 69.8 Å². The molecule has 1 unspecified atom stereocenters. The number of carbonyl (C=O) groups excluding carboxylic acids is 1. The van der Waals surface area contributed by atoms with E-state index in [2.05, 4.69) is 19.2 Å². The van der Waals surface area contributed by atoms with Crippen molar-refractivity contribution < 1.29 is 4.79 Å². The van der Waals surface area contributed by atoms with Gasteiger partial charge in [-0.05, 0) is 42.2 Å². The molecule has 0 N–H and O–H groups in total. The maximum atomic E-state index is 12.8. The maximum Gasteiger partial charge on any atom is 0.227 e. The Hall–Kier alpha value is -2.02. The van der Waals surface area contributed by atoms with Crippen LogP contribution in [0.2, 0.25) is 10.0 Å². The van der Waals surface area contributed by atoms with E-state index in [1.165, 1.54) is 0 Å². The van der Waals surface area contributed by atoms with Crippen molar-refractivity contribution in [3.63, 3.8) is 0 Å². The molecule has 1 aliphatic heterocycles. The van der Waals surface area contributed by atoms with Crippen molar-refractivity contribution in [2.24, 2.45) is 0 Å². The number of hydrogen-bond acceptors (Lipinski definition) is 2. The lowest BCUT2D eigenvalue weighted by atomic mass is 9.89. The van der Waals surface area contributed by atoms with Gasteiger partial charge in [0.15, 0.2) is 0 Å². The quantitative estimate of drug-likeness (QED) is 0.729. The number of carbonyl (C=O) groups is 1. The summed E-state index contributed by atoms with van der Waals surface area (Å²) in [5.41, 5.74) is 2.80. The Kier molecular flexibility index (Phi) is 5.88. The number of benzene rings is 1. The molecule has 124 valence electrons. The predicted molar refractivity (Wildman–Crippen MR) is 97.9 cm³/mol. The summed E-state index contributed by atoms with van der Waals surface area (Å²) < 4.78 is 0. The molecular formula is C19H18Cl2N2O. The lowest BCUT2D eigenvalue weighted by Crippen LogP contribution is -2.44. The number of amides is 1. The lowest BCUT2D eigenvalue weighted by Gasteiger charge is -2.36. The van der Waals surface area contributed by atoms with Crippen molar-refractivity contribution in [1.29, 1.82) is 5.26 Å². The number of allylic oxidation sites excluding steroid dienone is 1. The molecule has 2 rings (SSSR count). The van der Waals surface area contributed by atoms with Crippen LogP contribution in [0.25, 0.3) is 0 Å². The summed E-state index contributed by atoms with van der Waals surface area (Å²) in [6.45, 7) is 10.1. The molecule has 24 heavy (non-hydrogen) atoms. The highest BCUT2D eigenvalue weighted by molar-refractivity contribution is 6.36. The molecule has 0 radical (unpaired) electrons. The number of nitriles is 1. The highest BCUT2D eigenvalue weighted by atomic mass is 35.5. The molecule has 0 saturated heterocycles. The van der Waals surface area contributed by atoms with E-state index in [1.807, 2.05) is 6.92 Å². The molecule has 0 aliphatic carbocycles. The van der Waals surface area contributed by atoms with Gasteiger partial charge in [0.25, 0.3) is 0 Å². The first-order chi connectivity index (χ1) is 11.4. The van der Waals surface area contributed by atoms with Crippen molar-refractivity contribution in [3.8, 4) is 6.07 Å². The normalized spacial score (nSPS) is 17.4. The average Bonchev–Trinajstić information content (AvgIpc) is 2.57. The fraction of sp³-hybridized carbons (Fsp3) is 0.263. The lowest BCUT2D eigenvalue weighted by molar-refractivity contribution is -0.132. The summed E-state index contributed by atoms with van der Waals surface area (Å²) in [4.78, 5) is 14.5. The monoisotopic (exact) mass is 360 g/mol. The molecule has 1 atom stereocenters. The second-order valence-electron chi connectivity index (χ2n) is 5.62. The molecule has 0 aromatic heterocycles. The molecule has 1 aromatic carbocycles. The fourth-order valence-electron chi connectivity index (χ4n) is 2.97. The molecule has 1 heterocycles. The van der Waals surface area contributed by atoms with E-state index in [-0.39, 0.29) is 18.4 Å². The Balaban J connectivity index is 2.27. The van der Waals surface area contributed by atoms with E-state index in [0.29, 0.717) is 34.1 Å². The van der Waals surface area contributed by atoms with Gasteiger partial charge in [-0.3, -0.25) is 4.79 Å². The van der Waals surface area contributed by atoms with E-state index in [4.69, 9.17) is 28.5 Å².